The van der Waals surface area contributed by atoms with E-state index in [1.165, 1.54) is 30.7 Å². The van der Waals surface area contributed by atoms with E-state index in [9.17, 15) is 12.8 Å². The van der Waals surface area contributed by atoms with E-state index >= 15 is 4.39 Å². The fraction of sp³-hybridized carbons (Fsp3) is 0.522. The molecule has 0 amide bonds. The summed E-state index contributed by atoms with van der Waals surface area (Å²) in [4.78, 5) is 5.49. The number of halogens is 2. The Bertz CT molecular complexity index is 1050. The molecule has 2 atom stereocenters. The maximum Gasteiger partial charge on any atom is 0.213 e. The molecule has 2 fully saturated rings. The molecule has 168 valence electrons. The van der Waals surface area contributed by atoms with Crippen molar-refractivity contribution in [2.24, 2.45) is 0 Å². The number of nitrogens with one attached hydrogen (secondary N) is 1. The van der Waals surface area contributed by atoms with Crippen LogP contribution in [0.2, 0.25) is 0 Å². The van der Waals surface area contributed by atoms with Gasteiger partial charge in [-0.2, -0.15) is 4.39 Å². The van der Waals surface area contributed by atoms with Gasteiger partial charge in [-0.15, -0.1) is 0 Å². The van der Waals surface area contributed by atoms with Crippen molar-refractivity contribution >= 4 is 15.5 Å². The molecule has 2 aromatic rings. The number of pyridine rings is 1. The third-order valence-corrected chi connectivity index (χ3v) is 7.96. The highest BCUT2D eigenvalue weighted by Gasteiger charge is 2.33. The van der Waals surface area contributed by atoms with Crippen LogP contribution in [0.25, 0.3) is 0 Å². The predicted molar refractivity (Wildman–Crippen MR) is 117 cm³/mol. The number of hydrogen-bond donors (Lipinski definition) is 1. The number of rotatable bonds is 7. The van der Waals surface area contributed by atoms with E-state index < -0.39 is 27.4 Å². The summed E-state index contributed by atoms with van der Waals surface area (Å²) in [5.74, 6) is -1.83. The highest BCUT2D eigenvalue weighted by Crippen LogP contribution is 2.45. The van der Waals surface area contributed by atoms with Gasteiger partial charge in [0.1, 0.15) is 10.7 Å². The molecule has 0 spiro atoms. The Morgan fingerprint density at radius 2 is 1.84 bits per heavy atom. The van der Waals surface area contributed by atoms with E-state index in [2.05, 4.69) is 29.3 Å². The van der Waals surface area contributed by atoms with E-state index in [0.717, 1.165) is 43.7 Å². The number of likely N-dealkylation sites (N-methyl/N-ethyl adjacent to an activating group) is 1. The number of sulfone groups is 1. The molecule has 0 radical (unpaired) electrons. The van der Waals surface area contributed by atoms with Crippen LogP contribution in [-0.4, -0.2) is 44.5 Å². The molecule has 0 unspecified atom stereocenters. The highest BCUT2D eigenvalue weighted by molar-refractivity contribution is 7.90. The maximum absolute atomic E-state index is 15.1. The molecule has 8 heteroatoms. The average Bonchev–Trinajstić information content (AvgIpc) is 3.53. The van der Waals surface area contributed by atoms with Crippen molar-refractivity contribution in [2.45, 2.75) is 67.2 Å². The van der Waals surface area contributed by atoms with Gasteiger partial charge in [-0.1, -0.05) is 18.9 Å². The van der Waals surface area contributed by atoms with Crippen molar-refractivity contribution in [3.8, 4) is 0 Å². The fourth-order valence-corrected chi connectivity index (χ4v) is 5.93. The number of nitrogens with zero attached hydrogens (tertiary/aromatic N) is 2. The monoisotopic (exact) mass is 449 g/mol. The van der Waals surface area contributed by atoms with Gasteiger partial charge in [-0.05, 0) is 75.5 Å². The lowest BCUT2D eigenvalue weighted by atomic mass is 9.89. The molecule has 0 bridgehead atoms. The molecule has 0 saturated heterocycles. The van der Waals surface area contributed by atoms with Crippen LogP contribution in [0.5, 0.6) is 0 Å². The number of aromatic nitrogens is 1. The summed E-state index contributed by atoms with van der Waals surface area (Å²) >= 11 is 0. The Morgan fingerprint density at radius 3 is 2.52 bits per heavy atom. The minimum absolute atomic E-state index is 0.0607. The minimum Gasteiger partial charge on any atom is -0.380 e. The Labute approximate surface area is 182 Å². The highest BCUT2D eigenvalue weighted by atomic mass is 32.2. The lowest BCUT2D eigenvalue weighted by Gasteiger charge is -2.37. The zero-order valence-electron chi connectivity index (χ0n) is 17.9. The lowest BCUT2D eigenvalue weighted by Crippen LogP contribution is -2.45. The Hall–Kier alpha value is -2.06. The summed E-state index contributed by atoms with van der Waals surface area (Å²) in [6.45, 7) is 0. The van der Waals surface area contributed by atoms with Gasteiger partial charge in [0, 0.05) is 17.8 Å². The molecule has 1 N–H and O–H groups in total. The van der Waals surface area contributed by atoms with Crippen LogP contribution >= 0.6 is 0 Å². The number of anilines is 1. The van der Waals surface area contributed by atoms with E-state index in [1.54, 1.807) is 0 Å². The quantitative estimate of drug-likeness (QED) is 0.631. The van der Waals surface area contributed by atoms with Crippen LogP contribution in [0.15, 0.2) is 35.2 Å². The van der Waals surface area contributed by atoms with Gasteiger partial charge >= 0.3 is 0 Å². The fourth-order valence-electron chi connectivity index (χ4n) is 4.57. The van der Waals surface area contributed by atoms with Gasteiger partial charge in [-0.3, -0.25) is 0 Å². The van der Waals surface area contributed by atoms with E-state index in [4.69, 9.17) is 0 Å². The zero-order chi connectivity index (χ0) is 22.2. The first kappa shape index (κ1) is 22.1. The van der Waals surface area contributed by atoms with Crippen molar-refractivity contribution in [3.63, 3.8) is 0 Å². The van der Waals surface area contributed by atoms with Crippen molar-refractivity contribution < 1.29 is 17.2 Å². The van der Waals surface area contributed by atoms with Crippen LogP contribution in [0, 0.1) is 11.8 Å². The third-order valence-electron chi connectivity index (χ3n) is 6.30. The van der Waals surface area contributed by atoms with Gasteiger partial charge in [0.05, 0.1) is 11.4 Å². The molecule has 1 aromatic heterocycles. The van der Waals surface area contributed by atoms with Gasteiger partial charge in [0.2, 0.25) is 5.95 Å². The first-order valence-corrected chi connectivity index (χ1v) is 12.5. The van der Waals surface area contributed by atoms with Crippen LogP contribution < -0.4 is 5.32 Å². The van der Waals surface area contributed by atoms with Crippen molar-refractivity contribution in [1.82, 2.24) is 9.88 Å². The average molecular weight is 450 g/mol. The zero-order valence-corrected chi connectivity index (χ0v) is 18.8. The molecule has 2 aliphatic rings. The van der Waals surface area contributed by atoms with Crippen LogP contribution in [-0.2, 0) is 15.6 Å². The van der Waals surface area contributed by atoms with Crippen molar-refractivity contribution in [2.75, 3.05) is 19.4 Å². The lowest BCUT2D eigenvalue weighted by molar-refractivity contribution is 0.211. The topological polar surface area (TPSA) is 62.3 Å². The second-order valence-corrected chi connectivity index (χ2v) is 10.9. The third kappa shape index (κ3) is 5.06. The molecular weight excluding hydrogens is 420 g/mol. The maximum atomic E-state index is 15.1. The standard InChI is InChI=1S/C23H29F2N3O2S/c1-28(2)21-8-4-3-7-19(21)27-20-13-18(24)22(12-17(20)15-10-11-15)31(29,30)14-16-6-5-9-23(25)26-16/h5-6,9,12-13,15,19,21,27H,3-4,7-8,10-11,14H2,1-2H3/t19-,21-/m0/s1. The first-order valence-electron chi connectivity index (χ1n) is 10.8. The van der Waals surface area contributed by atoms with Crippen molar-refractivity contribution in [3.05, 3.63) is 53.4 Å². The summed E-state index contributed by atoms with van der Waals surface area (Å²) in [6.07, 6.45) is 6.31. The van der Waals surface area contributed by atoms with Gasteiger partial charge in [-0.25, -0.2) is 17.8 Å². The Balaban J connectivity index is 1.65. The van der Waals surface area contributed by atoms with Crippen LogP contribution in [0.1, 0.15) is 55.7 Å². The van der Waals surface area contributed by atoms with Gasteiger partial charge in [0.25, 0.3) is 0 Å². The summed E-state index contributed by atoms with van der Waals surface area (Å²) in [6, 6.07) is 7.34. The molecule has 4 rings (SSSR count). The van der Waals surface area contributed by atoms with E-state index in [0.29, 0.717) is 11.7 Å². The molecule has 2 aliphatic carbocycles. The van der Waals surface area contributed by atoms with Crippen LogP contribution in [0.3, 0.4) is 0 Å². The second kappa shape index (κ2) is 8.82. The smallest absolute Gasteiger partial charge is 0.213 e. The molecule has 2 saturated carbocycles. The summed E-state index contributed by atoms with van der Waals surface area (Å²) in [7, 11) is 0.114. The Morgan fingerprint density at radius 1 is 1.10 bits per heavy atom. The second-order valence-electron chi connectivity index (χ2n) is 8.92. The molecular formula is C23H29F2N3O2S. The van der Waals surface area contributed by atoms with Gasteiger partial charge in [0.15, 0.2) is 9.84 Å². The van der Waals surface area contributed by atoms with Crippen LogP contribution in [0.4, 0.5) is 14.5 Å². The van der Waals surface area contributed by atoms with E-state index in [-0.39, 0.29) is 22.5 Å². The normalized spacial score (nSPS) is 22.0. The molecule has 1 heterocycles. The molecule has 5 nitrogen and oxygen atoms in total. The number of hydrogen-bond acceptors (Lipinski definition) is 5. The van der Waals surface area contributed by atoms with Crippen molar-refractivity contribution in [1.29, 1.82) is 0 Å². The molecule has 1 aromatic carbocycles. The molecule has 0 aliphatic heterocycles. The predicted octanol–water partition coefficient (Wildman–Crippen LogP) is 4.50. The summed E-state index contributed by atoms with van der Waals surface area (Å²) in [5, 5.41) is 3.54. The van der Waals surface area contributed by atoms with Gasteiger partial charge < -0.3 is 10.2 Å². The molecule has 31 heavy (non-hydrogen) atoms. The Kier molecular flexibility index (Phi) is 6.30. The SMILES string of the molecule is CN(C)[C@H]1CCCC[C@@H]1Nc1cc(F)c(S(=O)(=O)Cc2cccc(F)n2)cc1C1CC1. The number of benzene rings is 1. The summed E-state index contributed by atoms with van der Waals surface area (Å²) < 4.78 is 54.3. The summed E-state index contributed by atoms with van der Waals surface area (Å²) in [5.41, 5.74) is 1.61. The minimum atomic E-state index is -4.00. The largest absolute Gasteiger partial charge is 0.380 e. The first-order chi connectivity index (χ1) is 14.7. The van der Waals surface area contributed by atoms with E-state index in [1.807, 2.05) is 0 Å².